The van der Waals surface area contributed by atoms with E-state index in [2.05, 4.69) is 0 Å². The molecule has 0 aromatic carbocycles. The maximum atomic E-state index is 12.1. The minimum absolute atomic E-state index is 0.0193. The number of hydrogen-bond donors (Lipinski definition) is 1. The lowest BCUT2D eigenvalue weighted by atomic mass is 10.3. The van der Waals surface area contributed by atoms with E-state index in [0.717, 1.165) is 0 Å². The molecule has 5 nitrogen and oxygen atoms in total. The first-order valence-electron chi connectivity index (χ1n) is 6.10. The molecule has 0 aromatic heterocycles. The maximum absolute atomic E-state index is 12.1. The predicted octanol–water partition coefficient (Wildman–Crippen LogP) is 0.361. The van der Waals surface area contributed by atoms with Gasteiger partial charge in [0.1, 0.15) is 0 Å². The van der Waals surface area contributed by atoms with Gasteiger partial charge in [-0.15, -0.1) is 0 Å². The Labute approximate surface area is 105 Å². The number of nitrogens with zero attached hydrogens (tertiary/aromatic N) is 2. The van der Waals surface area contributed by atoms with E-state index in [1.807, 2.05) is 32.8 Å². The van der Waals surface area contributed by atoms with Crippen LogP contribution in [0.4, 0.5) is 0 Å². The monoisotopic (exact) mass is 266 g/mol. The second-order valence-electron chi connectivity index (χ2n) is 4.56. The fourth-order valence-corrected chi connectivity index (χ4v) is 3.73. The number of aliphatic hydroxyl groups is 1. The van der Waals surface area contributed by atoms with Crippen molar-refractivity contribution < 1.29 is 13.5 Å². The highest BCUT2D eigenvalue weighted by Crippen LogP contribution is 2.10. The van der Waals surface area contributed by atoms with Crippen molar-refractivity contribution >= 4 is 10.0 Å². The van der Waals surface area contributed by atoms with E-state index >= 15 is 0 Å². The summed E-state index contributed by atoms with van der Waals surface area (Å²) in [4.78, 5) is 1.98. The number of sulfonamides is 1. The Bertz CT molecular complexity index is 291. The van der Waals surface area contributed by atoms with E-state index in [1.54, 1.807) is 4.31 Å². The molecule has 0 rings (SSSR count). The fourth-order valence-electron chi connectivity index (χ4n) is 1.92. The highest BCUT2D eigenvalue weighted by atomic mass is 32.2. The van der Waals surface area contributed by atoms with Gasteiger partial charge in [0.05, 0.1) is 5.75 Å². The van der Waals surface area contributed by atoms with Crippen LogP contribution in [0.2, 0.25) is 0 Å². The molecule has 0 aliphatic heterocycles. The first-order chi connectivity index (χ1) is 7.85. The minimum Gasteiger partial charge on any atom is -0.396 e. The molecule has 0 radical (unpaired) electrons. The minimum atomic E-state index is -3.19. The molecule has 0 aliphatic rings. The summed E-state index contributed by atoms with van der Waals surface area (Å²) in [7, 11) is 0.673. The Morgan fingerprint density at radius 2 is 1.82 bits per heavy atom. The molecule has 1 unspecified atom stereocenters. The number of unbranched alkanes of at least 4 members (excludes halogenated alkanes) is 1. The van der Waals surface area contributed by atoms with Crippen LogP contribution in [0, 0.1) is 0 Å². The van der Waals surface area contributed by atoms with Gasteiger partial charge in [-0.1, -0.05) is 6.92 Å². The lowest BCUT2D eigenvalue weighted by molar-refractivity contribution is 0.269. The van der Waals surface area contributed by atoms with Crippen LogP contribution in [-0.2, 0) is 10.0 Å². The van der Waals surface area contributed by atoms with Crippen LogP contribution in [0.3, 0.4) is 0 Å². The Morgan fingerprint density at radius 3 is 2.24 bits per heavy atom. The van der Waals surface area contributed by atoms with Crippen molar-refractivity contribution in [3.63, 3.8) is 0 Å². The smallest absolute Gasteiger partial charge is 0.214 e. The third-order valence-electron chi connectivity index (χ3n) is 2.60. The summed E-state index contributed by atoms with van der Waals surface area (Å²) >= 11 is 0. The highest BCUT2D eigenvalue weighted by Gasteiger charge is 2.25. The van der Waals surface area contributed by atoms with E-state index in [9.17, 15) is 8.42 Å². The average Bonchev–Trinajstić information content (AvgIpc) is 2.16. The molecular formula is C11H26N2O3S. The zero-order valence-electron chi connectivity index (χ0n) is 11.4. The summed E-state index contributed by atoms with van der Waals surface area (Å²) < 4.78 is 25.7. The molecule has 6 heteroatoms. The van der Waals surface area contributed by atoms with Crippen LogP contribution >= 0.6 is 0 Å². The summed E-state index contributed by atoms with van der Waals surface area (Å²) in [5.41, 5.74) is 0. The number of hydrogen-bond acceptors (Lipinski definition) is 4. The molecule has 0 bridgehead atoms. The van der Waals surface area contributed by atoms with Gasteiger partial charge in [0.2, 0.25) is 10.0 Å². The van der Waals surface area contributed by atoms with Crippen LogP contribution in [-0.4, -0.2) is 68.3 Å². The molecule has 1 N–H and O–H groups in total. The largest absolute Gasteiger partial charge is 0.396 e. The van der Waals surface area contributed by atoms with E-state index < -0.39 is 10.0 Å². The van der Waals surface area contributed by atoms with Gasteiger partial charge in [0.15, 0.2) is 0 Å². The zero-order valence-corrected chi connectivity index (χ0v) is 12.2. The molecule has 0 saturated carbocycles. The fraction of sp³-hybridized carbons (Fsp3) is 1.00. The average molecular weight is 266 g/mol. The molecule has 0 aliphatic carbocycles. The molecule has 0 aromatic rings. The van der Waals surface area contributed by atoms with Crippen molar-refractivity contribution in [1.82, 2.24) is 9.21 Å². The topological polar surface area (TPSA) is 60.9 Å². The van der Waals surface area contributed by atoms with E-state index in [-0.39, 0.29) is 18.4 Å². The Hall–Kier alpha value is -0.170. The van der Waals surface area contributed by atoms with Crippen molar-refractivity contribution in [1.29, 1.82) is 0 Å². The third kappa shape index (κ3) is 6.35. The van der Waals surface area contributed by atoms with Gasteiger partial charge in [-0.3, -0.25) is 0 Å². The lowest BCUT2D eigenvalue weighted by Crippen LogP contribution is -2.44. The zero-order chi connectivity index (χ0) is 13.5. The Morgan fingerprint density at radius 1 is 1.24 bits per heavy atom. The quantitative estimate of drug-likeness (QED) is 0.612. The normalized spacial score (nSPS) is 14.5. The van der Waals surface area contributed by atoms with Gasteiger partial charge in [0.25, 0.3) is 0 Å². The number of rotatable bonds is 9. The van der Waals surface area contributed by atoms with Crippen molar-refractivity contribution in [2.45, 2.75) is 32.7 Å². The van der Waals surface area contributed by atoms with Gasteiger partial charge in [-0.05, 0) is 33.9 Å². The molecule has 0 fully saturated rings. The molecule has 0 amide bonds. The first-order valence-corrected chi connectivity index (χ1v) is 7.71. The van der Waals surface area contributed by atoms with Crippen molar-refractivity contribution in [3.8, 4) is 0 Å². The summed E-state index contributed by atoms with van der Waals surface area (Å²) in [5, 5.41) is 8.67. The summed E-state index contributed by atoms with van der Waals surface area (Å²) in [5.74, 6) is 0.124. The summed E-state index contributed by atoms with van der Waals surface area (Å²) in [6, 6.07) is -0.0193. The second kappa shape index (κ2) is 8.02. The van der Waals surface area contributed by atoms with E-state index in [4.69, 9.17) is 5.11 Å². The van der Waals surface area contributed by atoms with Crippen molar-refractivity contribution in [3.05, 3.63) is 0 Å². The predicted molar refractivity (Wildman–Crippen MR) is 70.5 cm³/mol. The Balaban J connectivity index is 4.51. The molecular weight excluding hydrogens is 240 g/mol. The standard InChI is InChI=1S/C11H26N2O3S/c1-5-13(11(2)10-12(3)4)17(15,16)9-7-6-8-14/h11,14H,5-10H2,1-4H3. The molecule has 0 saturated heterocycles. The van der Waals surface area contributed by atoms with E-state index in [1.165, 1.54) is 0 Å². The van der Waals surface area contributed by atoms with Gasteiger partial charge < -0.3 is 10.0 Å². The third-order valence-corrected chi connectivity index (χ3v) is 4.74. The van der Waals surface area contributed by atoms with Crippen molar-refractivity contribution in [2.24, 2.45) is 0 Å². The first kappa shape index (κ1) is 16.8. The van der Waals surface area contributed by atoms with Crippen LogP contribution in [0.15, 0.2) is 0 Å². The Kier molecular flexibility index (Phi) is 7.94. The van der Waals surface area contributed by atoms with Gasteiger partial charge in [0, 0.05) is 25.7 Å². The van der Waals surface area contributed by atoms with E-state index in [0.29, 0.717) is 25.9 Å². The second-order valence-corrected chi connectivity index (χ2v) is 6.60. The molecule has 1 atom stereocenters. The summed E-state index contributed by atoms with van der Waals surface area (Å²) in [6.07, 6.45) is 1.06. The van der Waals surface area contributed by atoms with Crippen LogP contribution in [0.1, 0.15) is 26.7 Å². The lowest BCUT2D eigenvalue weighted by Gasteiger charge is -2.29. The molecule has 104 valence electrons. The summed E-state index contributed by atoms with van der Waals surface area (Å²) in [6.45, 7) is 5.04. The highest BCUT2D eigenvalue weighted by molar-refractivity contribution is 7.89. The SMILES string of the molecule is CCN(C(C)CN(C)C)S(=O)(=O)CCCCO. The van der Waals surface area contributed by atoms with Crippen LogP contribution in [0.25, 0.3) is 0 Å². The molecule has 0 spiro atoms. The molecule has 17 heavy (non-hydrogen) atoms. The van der Waals surface area contributed by atoms with Gasteiger partial charge in [-0.25, -0.2) is 8.42 Å². The van der Waals surface area contributed by atoms with Gasteiger partial charge >= 0.3 is 0 Å². The van der Waals surface area contributed by atoms with Crippen LogP contribution in [0.5, 0.6) is 0 Å². The van der Waals surface area contributed by atoms with Gasteiger partial charge in [-0.2, -0.15) is 4.31 Å². The number of likely N-dealkylation sites (N-methyl/N-ethyl adjacent to an activating group) is 2. The number of aliphatic hydroxyl groups excluding tert-OH is 1. The maximum Gasteiger partial charge on any atom is 0.214 e. The molecule has 0 heterocycles. The van der Waals surface area contributed by atoms with Crippen LogP contribution < -0.4 is 0 Å². The van der Waals surface area contributed by atoms with Crippen molar-refractivity contribution in [2.75, 3.05) is 39.5 Å².